The number of nitrogens with two attached hydrogens (primary N) is 2. The summed E-state index contributed by atoms with van der Waals surface area (Å²) in [4.78, 5) is 10.4. The van der Waals surface area contributed by atoms with Gasteiger partial charge in [-0.1, -0.05) is 0 Å². The van der Waals surface area contributed by atoms with E-state index in [2.05, 4.69) is 0 Å². The summed E-state index contributed by atoms with van der Waals surface area (Å²) >= 11 is 0. The van der Waals surface area contributed by atoms with E-state index in [9.17, 15) is 9.00 Å². The minimum atomic E-state index is -0.811. The molecule has 0 aromatic rings. The molecule has 0 unspecified atom stereocenters. The molecule has 1 saturated heterocycles. The number of primary amides is 1. The van der Waals surface area contributed by atoms with Crippen LogP contribution in [0.2, 0.25) is 0 Å². The van der Waals surface area contributed by atoms with Crippen molar-refractivity contribution in [2.75, 3.05) is 11.5 Å². The number of amides is 1. The Morgan fingerprint density at radius 3 is 2.40 bits per heavy atom. The summed E-state index contributed by atoms with van der Waals surface area (Å²) in [5.41, 5.74) is 9.96. The van der Waals surface area contributed by atoms with Crippen molar-refractivity contribution in [3.63, 3.8) is 0 Å². The van der Waals surface area contributed by atoms with Gasteiger partial charge in [0.2, 0.25) is 5.91 Å². The zero-order chi connectivity index (χ0) is 7.78. The summed E-state index contributed by atoms with van der Waals surface area (Å²) in [6, 6.07) is 0. The number of rotatable bonds is 2. The minimum Gasteiger partial charge on any atom is -0.370 e. The first kappa shape index (κ1) is 7.68. The summed E-state index contributed by atoms with van der Waals surface area (Å²) in [5.74, 6) is 0.408. The van der Waals surface area contributed by atoms with Crippen molar-refractivity contribution in [3.05, 3.63) is 0 Å². The first-order chi connectivity index (χ1) is 4.52. The van der Waals surface area contributed by atoms with E-state index in [1.165, 1.54) is 0 Å². The van der Waals surface area contributed by atoms with E-state index in [0.29, 0.717) is 11.5 Å². The Balaban J connectivity index is 2.41. The van der Waals surface area contributed by atoms with E-state index in [0.717, 1.165) is 0 Å². The number of carbonyl (C=O) groups is 1. The van der Waals surface area contributed by atoms with Crippen LogP contribution in [0.15, 0.2) is 0 Å². The molecule has 0 spiro atoms. The molecule has 1 amide bonds. The van der Waals surface area contributed by atoms with Gasteiger partial charge in [0.05, 0.1) is 0 Å². The zero-order valence-electron chi connectivity index (χ0n) is 5.50. The van der Waals surface area contributed by atoms with Gasteiger partial charge in [-0.25, -0.2) is 0 Å². The van der Waals surface area contributed by atoms with Crippen LogP contribution in [0.4, 0.5) is 0 Å². The Kier molecular flexibility index (Phi) is 1.78. The number of carbonyl (C=O) groups excluding carboxylic acids is 1. The second-order valence-corrected chi connectivity index (χ2v) is 4.19. The van der Waals surface area contributed by atoms with Crippen LogP contribution in [-0.4, -0.2) is 27.2 Å². The van der Waals surface area contributed by atoms with Gasteiger partial charge >= 0.3 is 0 Å². The first-order valence-corrected chi connectivity index (χ1v) is 4.43. The maximum absolute atomic E-state index is 10.6. The molecular weight excluding hydrogens is 152 g/mol. The van der Waals surface area contributed by atoms with Gasteiger partial charge in [-0.05, 0) is 0 Å². The molecule has 5 heteroatoms. The molecule has 1 heterocycles. The fraction of sp³-hybridized carbons (Fsp3) is 0.800. The molecular formula is C5H10N2O2S. The number of hydrogen-bond donors (Lipinski definition) is 2. The highest BCUT2D eigenvalue weighted by atomic mass is 32.2. The molecule has 0 aromatic carbocycles. The molecule has 0 bridgehead atoms. The molecule has 1 aliphatic rings. The van der Waals surface area contributed by atoms with Gasteiger partial charge in [0, 0.05) is 34.3 Å². The van der Waals surface area contributed by atoms with Crippen LogP contribution in [0, 0.1) is 0 Å². The second-order valence-electron chi connectivity index (χ2n) is 2.73. The molecule has 0 aliphatic carbocycles. The van der Waals surface area contributed by atoms with E-state index < -0.39 is 22.2 Å². The molecule has 0 saturated carbocycles. The lowest BCUT2D eigenvalue weighted by atomic mass is 10.0. The van der Waals surface area contributed by atoms with Gasteiger partial charge in [-0.15, -0.1) is 0 Å². The highest BCUT2D eigenvalue weighted by Crippen LogP contribution is 2.20. The summed E-state index contributed by atoms with van der Waals surface area (Å²) in [6.45, 7) is 0. The van der Waals surface area contributed by atoms with Crippen LogP contribution >= 0.6 is 0 Å². The Bertz CT molecular complexity index is 184. The van der Waals surface area contributed by atoms with E-state index >= 15 is 0 Å². The molecule has 0 aromatic heterocycles. The normalized spacial score (nSPS) is 38.7. The molecule has 0 radical (unpaired) electrons. The van der Waals surface area contributed by atoms with Crippen molar-refractivity contribution in [2.45, 2.75) is 12.0 Å². The maximum atomic E-state index is 10.6. The summed E-state index contributed by atoms with van der Waals surface area (Å²) in [5, 5.41) is 0. The second kappa shape index (κ2) is 2.32. The fourth-order valence-corrected chi connectivity index (χ4v) is 2.45. The predicted octanol–water partition coefficient (Wildman–Crippen LogP) is -1.68. The topological polar surface area (TPSA) is 86.2 Å². The third-order valence-electron chi connectivity index (χ3n) is 1.42. The number of hydrogen-bond acceptors (Lipinski definition) is 3. The van der Waals surface area contributed by atoms with Crippen molar-refractivity contribution < 1.29 is 9.00 Å². The minimum absolute atomic E-state index is 0.152. The van der Waals surface area contributed by atoms with Crippen molar-refractivity contribution in [2.24, 2.45) is 11.5 Å². The van der Waals surface area contributed by atoms with E-state index in [-0.39, 0.29) is 6.42 Å². The first-order valence-electron chi connectivity index (χ1n) is 2.94. The molecule has 0 atom stereocenters. The molecule has 1 aliphatic heterocycles. The standard InChI is InChI=1S/C5H10N2O2S/c6-4(8)1-5(7)2-10(9)3-5/h1-3,7H2,(H2,6,8). The van der Waals surface area contributed by atoms with Gasteiger partial charge in [-0.3, -0.25) is 9.00 Å². The molecule has 4 N–H and O–H groups in total. The largest absolute Gasteiger partial charge is 0.370 e. The van der Waals surface area contributed by atoms with Crippen LogP contribution in [0.25, 0.3) is 0 Å². The average Bonchev–Trinajstić information content (AvgIpc) is 1.57. The maximum Gasteiger partial charge on any atom is 0.219 e. The lowest BCUT2D eigenvalue weighted by Gasteiger charge is -2.35. The highest BCUT2D eigenvalue weighted by Gasteiger charge is 2.40. The average molecular weight is 162 g/mol. The van der Waals surface area contributed by atoms with Crippen LogP contribution in [0.1, 0.15) is 6.42 Å². The van der Waals surface area contributed by atoms with E-state index in [4.69, 9.17) is 11.5 Å². The monoisotopic (exact) mass is 162 g/mol. The Morgan fingerprint density at radius 2 is 2.10 bits per heavy atom. The van der Waals surface area contributed by atoms with Crippen LogP contribution in [0.3, 0.4) is 0 Å². The molecule has 1 fully saturated rings. The van der Waals surface area contributed by atoms with Gasteiger partial charge in [0.25, 0.3) is 0 Å². The van der Waals surface area contributed by atoms with Gasteiger partial charge in [-0.2, -0.15) is 0 Å². The smallest absolute Gasteiger partial charge is 0.219 e. The zero-order valence-corrected chi connectivity index (χ0v) is 6.32. The SMILES string of the molecule is NC(=O)CC1(N)CS(=O)C1. The van der Waals surface area contributed by atoms with Gasteiger partial charge in [0.1, 0.15) is 0 Å². The summed E-state index contributed by atoms with van der Waals surface area (Å²) in [6.07, 6.45) is 0.152. The molecule has 58 valence electrons. The fourth-order valence-electron chi connectivity index (χ4n) is 1.05. The van der Waals surface area contributed by atoms with Crippen molar-refractivity contribution in [1.29, 1.82) is 0 Å². The third-order valence-corrected chi connectivity index (χ3v) is 3.22. The van der Waals surface area contributed by atoms with Crippen molar-refractivity contribution >= 4 is 16.7 Å². The highest BCUT2D eigenvalue weighted by molar-refractivity contribution is 7.86. The van der Waals surface area contributed by atoms with E-state index in [1.54, 1.807) is 0 Å². The molecule has 10 heavy (non-hydrogen) atoms. The van der Waals surface area contributed by atoms with E-state index in [1.807, 2.05) is 0 Å². The Hall–Kier alpha value is -0.420. The summed E-state index contributed by atoms with van der Waals surface area (Å²) < 4.78 is 10.6. The van der Waals surface area contributed by atoms with Crippen LogP contribution < -0.4 is 11.5 Å². The quantitative estimate of drug-likeness (QED) is 0.508. The van der Waals surface area contributed by atoms with Gasteiger partial charge in [0.15, 0.2) is 0 Å². The molecule has 4 nitrogen and oxygen atoms in total. The van der Waals surface area contributed by atoms with Crippen LogP contribution in [-0.2, 0) is 15.6 Å². The van der Waals surface area contributed by atoms with Gasteiger partial charge < -0.3 is 11.5 Å². The van der Waals surface area contributed by atoms with Crippen molar-refractivity contribution in [1.82, 2.24) is 0 Å². The third kappa shape index (κ3) is 1.54. The Labute approximate surface area is 61.4 Å². The lowest BCUT2D eigenvalue weighted by molar-refractivity contribution is -0.118. The molecule has 1 rings (SSSR count). The van der Waals surface area contributed by atoms with Crippen molar-refractivity contribution in [3.8, 4) is 0 Å². The lowest BCUT2D eigenvalue weighted by Crippen LogP contribution is -2.60. The predicted molar refractivity (Wildman–Crippen MR) is 38.6 cm³/mol. The summed E-state index contributed by atoms with van der Waals surface area (Å²) in [7, 11) is -0.811. The van der Waals surface area contributed by atoms with Crippen LogP contribution in [0.5, 0.6) is 0 Å². The Morgan fingerprint density at radius 1 is 1.60 bits per heavy atom.